The van der Waals surface area contributed by atoms with Crippen molar-refractivity contribution in [3.8, 4) is 0 Å². The third-order valence-corrected chi connectivity index (χ3v) is 1.73. The Labute approximate surface area is 83.3 Å². The maximum absolute atomic E-state index is 10.3. The molecule has 11 heavy (non-hydrogen) atoms. The Hall–Kier alpha value is 0.184. The summed E-state index contributed by atoms with van der Waals surface area (Å²) in [6, 6.07) is 0. The van der Waals surface area contributed by atoms with Gasteiger partial charge in [0.1, 0.15) is 0 Å². The van der Waals surface area contributed by atoms with Gasteiger partial charge in [0.05, 0.1) is 0 Å². The Morgan fingerprint density at radius 2 is 2.00 bits per heavy atom. The first-order chi connectivity index (χ1) is 4.72. The Morgan fingerprint density at radius 1 is 1.45 bits per heavy atom. The normalized spacial score (nSPS) is 11.8. The van der Waals surface area contributed by atoms with E-state index in [0.29, 0.717) is 6.42 Å². The van der Waals surface area contributed by atoms with Crippen LogP contribution in [0.2, 0.25) is 0 Å². The molecule has 0 heterocycles. The maximum Gasteiger partial charge on any atom is 4.00 e. The summed E-state index contributed by atoms with van der Waals surface area (Å²) in [5.41, 5.74) is 0. The second kappa shape index (κ2) is 8.28. The minimum Gasteiger partial charge on any atom is -0.550 e. The fourth-order valence-corrected chi connectivity index (χ4v) is 0.939. The van der Waals surface area contributed by atoms with Crippen LogP contribution in [0.4, 0.5) is 0 Å². The van der Waals surface area contributed by atoms with Crippen molar-refractivity contribution < 1.29 is 31.6 Å². The molecule has 0 spiro atoms. The average Bonchev–Trinajstić information content (AvgIpc) is 1.89. The summed E-state index contributed by atoms with van der Waals surface area (Å²) in [5, 5.41) is 10.3. The Kier molecular flexibility index (Phi) is 10.4. The van der Waals surface area contributed by atoms with E-state index in [1.807, 2.05) is 6.92 Å². The Morgan fingerprint density at radius 3 is 2.27 bits per heavy atom. The van der Waals surface area contributed by atoms with Gasteiger partial charge in [0, 0.05) is 5.97 Å². The van der Waals surface area contributed by atoms with Crippen LogP contribution in [-0.2, 0) is 26.5 Å². The number of aliphatic carboxylic acids is 1. The molecule has 0 amide bonds. The van der Waals surface area contributed by atoms with Gasteiger partial charge in [-0.2, -0.15) is 0 Å². The van der Waals surface area contributed by atoms with Crippen LogP contribution in [0.1, 0.15) is 39.5 Å². The van der Waals surface area contributed by atoms with Gasteiger partial charge in [0.2, 0.25) is 0 Å². The van der Waals surface area contributed by atoms with Crippen LogP contribution in [0.3, 0.4) is 0 Å². The van der Waals surface area contributed by atoms with Crippen LogP contribution in [0.5, 0.6) is 0 Å². The second-order valence-electron chi connectivity index (χ2n) is 2.57. The van der Waals surface area contributed by atoms with Crippen molar-refractivity contribution in [2.45, 2.75) is 39.5 Å². The van der Waals surface area contributed by atoms with Gasteiger partial charge in [-0.15, -0.1) is 0 Å². The minimum absolute atomic E-state index is 0. The number of unbranched alkanes of at least 4 members (excludes halogenated alkanes) is 1. The number of carboxylic acids is 1. The molecule has 0 saturated heterocycles. The quantitative estimate of drug-likeness (QED) is 0.607. The van der Waals surface area contributed by atoms with Crippen molar-refractivity contribution in [1.29, 1.82) is 0 Å². The molecule has 0 rings (SSSR count). The van der Waals surface area contributed by atoms with Crippen molar-refractivity contribution in [2.24, 2.45) is 5.92 Å². The Bertz CT molecular complexity index is 104. The van der Waals surface area contributed by atoms with Crippen molar-refractivity contribution in [2.75, 3.05) is 0 Å². The first-order valence-corrected chi connectivity index (χ1v) is 3.93. The van der Waals surface area contributed by atoms with Crippen molar-refractivity contribution >= 4 is 5.97 Å². The van der Waals surface area contributed by atoms with Gasteiger partial charge >= 0.3 is 21.7 Å². The molecule has 0 aliphatic carbocycles. The fraction of sp³-hybridized carbons (Fsp3) is 0.875. The van der Waals surface area contributed by atoms with E-state index in [2.05, 4.69) is 6.92 Å². The minimum atomic E-state index is -0.893. The van der Waals surface area contributed by atoms with Gasteiger partial charge in [0.15, 0.2) is 0 Å². The number of hydrogen-bond donors (Lipinski definition) is 0. The maximum atomic E-state index is 10.3. The number of carbonyl (C=O) groups excluding carboxylic acids is 1. The first-order valence-electron chi connectivity index (χ1n) is 3.93. The molecule has 0 fully saturated rings. The van der Waals surface area contributed by atoms with Crippen LogP contribution in [0, 0.1) is 5.92 Å². The van der Waals surface area contributed by atoms with E-state index in [9.17, 15) is 9.90 Å². The molecular weight excluding hydrogens is 176 g/mol. The van der Waals surface area contributed by atoms with E-state index >= 15 is 0 Å². The molecule has 0 N–H and O–H groups in total. The third kappa shape index (κ3) is 6.58. The molecule has 3 heteroatoms. The van der Waals surface area contributed by atoms with E-state index in [1.165, 1.54) is 0 Å². The van der Waals surface area contributed by atoms with Gasteiger partial charge in [-0.25, -0.2) is 0 Å². The third-order valence-electron chi connectivity index (χ3n) is 1.73. The SMILES string of the molecule is CCCCC(CC)C(=O)[O-].[Ti+4]. The summed E-state index contributed by atoms with van der Waals surface area (Å²) in [5.74, 6) is -1.11. The van der Waals surface area contributed by atoms with Crippen LogP contribution >= 0.6 is 0 Å². The molecule has 0 saturated carbocycles. The summed E-state index contributed by atoms with van der Waals surface area (Å²) < 4.78 is 0. The molecular formula is C8H15O2Ti+3. The summed E-state index contributed by atoms with van der Waals surface area (Å²) in [4.78, 5) is 10.3. The van der Waals surface area contributed by atoms with E-state index in [4.69, 9.17) is 0 Å². The van der Waals surface area contributed by atoms with Gasteiger partial charge in [-0.3, -0.25) is 0 Å². The fourth-order valence-electron chi connectivity index (χ4n) is 0.939. The molecule has 60 valence electrons. The summed E-state index contributed by atoms with van der Waals surface area (Å²) >= 11 is 0. The van der Waals surface area contributed by atoms with Crippen LogP contribution < -0.4 is 5.11 Å². The zero-order valence-corrected chi connectivity index (χ0v) is 8.78. The van der Waals surface area contributed by atoms with Crippen molar-refractivity contribution in [1.82, 2.24) is 0 Å². The van der Waals surface area contributed by atoms with E-state index in [-0.39, 0.29) is 27.6 Å². The summed E-state index contributed by atoms with van der Waals surface area (Å²) in [7, 11) is 0. The molecule has 0 aromatic rings. The molecule has 1 unspecified atom stereocenters. The average molecular weight is 191 g/mol. The molecule has 0 aliphatic heterocycles. The molecule has 2 nitrogen and oxygen atoms in total. The van der Waals surface area contributed by atoms with Gasteiger partial charge in [-0.05, 0) is 18.8 Å². The number of hydrogen-bond acceptors (Lipinski definition) is 2. The zero-order valence-electron chi connectivity index (χ0n) is 7.22. The number of rotatable bonds is 5. The molecule has 0 bridgehead atoms. The summed E-state index contributed by atoms with van der Waals surface area (Å²) in [6.45, 7) is 3.94. The predicted molar refractivity (Wildman–Crippen MR) is 38.3 cm³/mol. The van der Waals surface area contributed by atoms with E-state index in [1.54, 1.807) is 0 Å². The monoisotopic (exact) mass is 191 g/mol. The number of carbonyl (C=O) groups is 1. The standard InChI is InChI=1S/C8H16O2.Ti/c1-3-5-6-7(4-2)8(9)10;/h7H,3-6H2,1-2H3,(H,9,10);/q;+4/p-1. The van der Waals surface area contributed by atoms with Crippen molar-refractivity contribution in [3.05, 3.63) is 0 Å². The molecule has 0 radical (unpaired) electrons. The molecule has 0 aliphatic rings. The van der Waals surface area contributed by atoms with Crippen LogP contribution in [0.25, 0.3) is 0 Å². The predicted octanol–water partition coefficient (Wildman–Crippen LogP) is 0.950. The zero-order chi connectivity index (χ0) is 7.98. The van der Waals surface area contributed by atoms with E-state index in [0.717, 1.165) is 19.3 Å². The van der Waals surface area contributed by atoms with Gasteiger partial charge in [0.25, 0.3) is 0 Å². The second-order valence-corrected chi connectivity index (χ2v) is 2.57. The summed E-state index contributed by atoms with van der Waals surface area (Å²) in [6.07, 6.45) is 3.52. The van der Waals surface area contributed by atoms with Gasteiger partial charge in [-0.1, -0.05) is 26.7 Å². The Balaban J connectivity index is 0. The smallest absolute Gasteiger partial charge is 0.550 e. The van der Waals surface area contributed by atoms with Gasteiger partial charge < -0.3 is 9.90 Å². The molecule has 0 aromatic heterocycles. The first kappa shape index (κ1) is 13.8. The topological polar surface area (TPSA) is 40.1 Å². The molecule has 1 atom stereocenters. The number of carboxylic acid groups (broad SMARTS) is 1. The largest absolute Gasteiger partial charge is 4.00 e. The van der Waals surface area contributed by atoms with Crippen LogP contribution in [-0.4, -0.2) is 5.97 Å². The molecule has 0 aromatic carbocycles. The van der Waals surface area contributed by atoms with E-state index < -0.39 is 5.97 Å². The van der Waals surface area contributed by atoms with Crippen LogP contribution in [0.15, 0.2) is 0 Å². The van der Waals surface area contributed by atoms with Crippen molar-refractivity contribution in [3.63, 3.8) is 0 Å².